The van der Waals surface area contributed by atoms with Gasteiger partial charge >= 0.3 is 0 Å². The molecule has 0 spiro atoms. The molecule has 0 radical (unpaired) electrons. The monoisotopic (exact) mass is 367 g/mol. The van der Waals surface area contributed by atoms with E-state index in [1.165, 1.54) is 12.1 Å². The van der Waals surface area contributed by atoms with Crippen molar-refractivity contribution in [3.8, 4) is 0 Å². The zero-order chi connectivity index (χ0) is 15.1. The molecule has 0 unspecified atom stereocenters. The minimum absolute atomic E-state index is 0.0111. The summed E-state index contributed by atoms with van der Waals surface area (Å²) >= 11 is 4.98. The van der Waals surface area contributed by atoms with Gasteiger partial charge in [-0.15, -0.1) is 11.8 Å². The molecule has 2 aromatic rings. The first kappa shape index (κ1) is 16.0. The highest BCUT2D eigenvalue weighted by Crippen LogP contribution is 2.20. The lowest BCUT2D eigenvalue weighted by atomic mass is 10.3. The average molecular weight is 368 g/mol. The lowest BCUT2D eigenvalue weighted by Crippen LogP contribution is -2.11. The van der Waals surface area contributed by atoms with Crippen LogP contribution in [0.2, 0.25) is 0 Å². The summed E-state index contributed by atoms with van der Waals surface area (Å²) in [4.78, 5) is 12.8. The predicted molar refractivity (Wildman–Crippen MR) is 89.1 cm³/mol. The van der Waals surface area contributed by atoms with Gasteiger partial charge in [0.1, 0.15) is 5.82 Å². The van der Waals surface area contributed by atoms with Crippen molar-refractivity contribution in [2.75, 3.05) is 11.1 Å². The summed E-state index contributed by atoms with van der Waals surface area (Å²) in [5, 5.41) is 2.86. The van der Waals surface area contributed by atoms with Gasteiger partial charge < -0.3 is 5.32 Å². The lowest BCUT2D eigenvalue weighted by Gasteiger charge is -2.05. The number of amides is 1. The molecule has 0 fully saturated rings. The van der Waals surface area contributed by atoms with Gasteiger partial charge in [-0.2, -0.15) is 0 Å². The van der Waals surface area contributed by atoms with Crippen LogP contribution in [0.1, 0.15) is 12.8 Å². The molecule has 0 aromatic heterocycles. The molecule has 1 N–H and O–H groups in total. The standard InChI is InChI=1S/C16H15BrFNOS/c17-12-3-7-14(8-4-12)19-16(20)2-1-11-21-15-9-5-13(18)6-10-15/h3-10H,1-2,11H2,(H,19,20). The lowest BCUT2D eigenvalue weighted by molar-refractivity contribution is -0.116. The van der Waals surface area contributed by atoms with Gasteiger partial charge in [0.2, 0.25) is 5.91 Å². The van der Waals surface area contributed by atoms with Crippen LogP contribution in [0, 0.1) is 5.82 Å². The minimum Gasteiger partial charge on any atom is -0.326 e. The first-order valence-corrected chi connectivity index (χ1v) is 8.35. The van der Waals surface area contributed by atoms with Gasteiger partial charge in [-0.3, -0.25) is 4.79 Å². The Morgan fingerprint density at radius 3 is 2.43 bits per heavy atom. The minimum atomic E-state index is -0.228. The van der Waals surface area contributed by atoms with E-state index in [2.05, 4.69) is 21.2 Å². The van der Waals surface area contributed by atoms with Gasteiger partial charge in [0.05, 0.1) is 0 Å². The highest BCUT2D eigenvalue weighted by molar-refractivity contribution is 9.10. The van der Waals surface area contributed by atoms with Gasteiger partial charge in [0.15, 0.2) is 0 Å². The Bertz CT molecular complexity index is 586. The molecule has 0 bridgehead atoms. The Hall–Kier alpha value is -1.33. The molecule has 0 aliphatic rings. The van der Waals surface area contributed by atoms with E-state index < -0.39 is 0 Å². The second-order valence-corrected chi connectivity index (χ2v) is 6.55. The maximum absolute atomic E-state index is 12.7. The second-order valence-electron chi connectivity index (χ2n) is 4.46. The summed E-state index contributed by atoms with van der Waals surface area (Å²) in [7, 11) is 0. The normalized spacial score (nSPS) is 10.4. The Labute approximate surface area is 136 Å². The summed E-state index contributed by atoms with van der Waals surface area (Å²) < 4.78 is 13.7. The van der Waals surface area contributed by atoms with Crippen molar-refractivity contribution in [1.82, 2.24) is 0 Å². The number of carbonyl (C=O) groups is 1. The van der Waals surface area contributed by atoms with E-state index in [1.54, 1.807) is 23.9 Å². The number of hydrogen-bond donors (Lipinski definition) is 1. The fraction of sp³-hybridized carbons (Fsp3) is 0.188. The first-order chi connectivity index (χ1) is 10.1. The third-order valence-corrected chi connectivity index (χ3v) is 4.39. The van der Waals surface area contributed by atoms with Crippen LogP contribution in [0.4, 0.5) is 10.1 Å². The van der Waals surface area contributed by atoms with E-state index in [4.69, 9.17) is 0 Å². The summed E-state index contributed by atoms with van der Waals surface area (Å²) in [6, 6.07) is 13.9. The van der Waals surface area contributed by atoms with E-state index in [0.29, 0.717) is 6.42 Å². The van der Waals surface area contributed by atoms with E-state index >= 15 is 0 Å². The van der Waals surface area contributed by atoms with Gasteiger partial charge in [-0.05, 0) is 60.7 Å². The van der Waals surface area contributed by atoms with Crippen molar-refractivity contribution in [2.45, 2.75) is 17.7 Å². The van der Waals surface area contributed by atoms with Crippen LogP contribution in [-0.4, -0.2) is 11.7 Å². The molecule has 2 aromatic carbocycles. The molecule has 0 aliphatic heterocycles. The molecule has 0 heterocycles. The van der Waals surface area contributed by atoms with Gasteiger partial charge in [0, 0.05) is 21.5 Å². The Morgan fingerprint density at radius 2 is 1.76 bits per heavy atom. The van der Waals surface area contributed by atoms with E-state index in [9.17, 15) is 9.18 Å². The van der Waals surface area contributed by atoms with Crippen LogP contribution in [-0.2, 0) is 4.79 Å². The smallest absolute Gasteiger partial charge is 0.224 e. The zero-order valence-corrected chi connectivity index (χ0v) is 13.7. The van der Waals surface area contributed by atoms with Gasteiger partial charge in [0.25, 0.3) is 0 Å². The van der Waals surface area contributed by atoms with Crippen molar-refractivity contribution in [1.29, 1.82) is 0 Å². The van der Waals surface area contributed by atoms with Crippen LogP contribution >= 0.6 is 27.7 Å². The van der Waals surface area contributed by atoms with Crippen molar-refractivity contribution in [3.05, 3.63) is 58.8 Å². The maximum Gasteiger partial charge on any atom is 0.224 e. The maximum atomic E-state index is 12.7. The zero-order valence-electron chi connectivity index (χ0n) is 11.3. The average Bonchev–Trinajstić information content (AvgIpc) is 2.48. The highest BCUT2D eigenvalue weighted by Gasteiger charge is 2.03. The number of rotatable bonds is 6. The topological polar surface area (TPSA) is 29.1 Å². The van der Waals surface area contributed by atoms with Crippen LogP contribution in [0.25, 0.3) is 0 Å². The number of thioether (sulfide) groups is 1. The summed E-state index contributed by atoms with van der Waals surface area (Å²) in [5.74, 6) is 0.615. The number of benzene rings is 2. The Balaban J connectivity index is 1.67. The van der Waals surface area contributed by atoms with E-state index in [0.717, 1.165) is 27.2 Å². The summed E-state index contributed by atoms with van der Waals surface area (Å²) in [6.45, 7) is 0. The summed E-state index contributed by atoms with van der Waals surface area (Å²) in [5.41, 5.74) is 0.800. The molecular weight excluding hydrogens is 353 g/mol. The number of halogens is 2. The number of anilines is 1. The molecule has 0 aliphatic carbocycles. The quantitative estimate of drug-likeness (QED) is 0.568. The third-order valence-electron chi connectivity index (χ3n) is 2.76. The van der Waals surface area contributed by atoms with Crippen LogP contribution in [0.3, 0.4) is 0 Å². The molecule has 0 saturated carbocycles. The summed E-state index contributed by atoms with van der Waals surface area (Å²) in [6.07, 6.45) is 1.26. The highest BCUT2D eigenvalue weighted by atomic mass is 79.9. The van der Waals surface area contributed by atoms with Gasteiger partial charge in [-0.25, -0.2) is 4.39 Å². The van der Waals surface area contributed by atoms with Gasteiger partial charge in [-0.1, -0.05) is 15.9 Å². The molecule has 21 heavy (non-hydrogen) atoms. The van der Waals surface area contributed by atoms with Crippen molar-refractivity contribution < 1.29 is 9.18 Å². The first-order valence-electron chi connectivity index (χ1n) is 6.57. The van der Waals surface area contributed by atoms with Crippen molar-refractivity contribution in [2.24, 2.45) is 0 Å². The molecule has 5 heteroatoms. The van der Waals surface area contributed by atoms with E-state index in [1.807, 2.05) is 24.3 Å². The van der Waals surface area contributed by atoms with Crippen LogP contribution in [0.15, 0.2) is 57.9 Å². The molecular formula is C16H15BrFNOS. The second kappa shape index (κ2) is 8.20. The molecule has 1 amide bonds. The number of carbonyl (C=O) groups excluding carboxylic acids is 1. The molecule has 2 rings (SSSR count). The van der Waals surface area contributed by atoms with Crippen LogP contribution in [0.5, 0.6) is 0 Å². The Kier molecular flexibility index (Phi) is 6.26. The molecule has 110 valence electrons. The Morgan fingerprint density at radius 1 is 1.10 bits per heavy atom. The number of nitrogens with one attached hydrogen (secondary N) is 1. The number of hydrogen-bond acceptors (Lipinski definition) is 2. The fourth-order valence-electron chi connectivity index (χ4n) is 1.71. The van der Waals surface area contributed by atoms with E-state index in [-0.39, 0.29) is 11.7 Å². The fourth-order valence-corrected chi connectivity index (χ4v) is 2.83. The SMILES string of the molecule is O=C(CCCSc1ccc(F)cc1)Nc1ccc(Br)cc1. The van der Waals surface area contributed by atoms with Crippen LogP contribution < -0.4 is 5.32 Å². The molecule has 0 atom stereocenters. The molecule has 2 nitrogen and oxygen atoms in total. The predicted octanol–water partition coefficient (Wildman–Crippen LogP) is 5.10. The van der Waals surface area contributed by atoms with Crippen molar-refractivity contribution in [3.63, 3.8) is 0 Å². The third kappa shape index (κ3) is 5.89. The molecule has 0 saturated heterocycles. The van der Waals surface area contributed by atoms with Crippen molar-refractivity contribution >= 4 is 39.3 Å². The largest absolute Gasteiger partial charge is 0.326 e.